The van der Waals surface area contributed by atoms with Gasteiger partial charge in [0.2, 0.25) is 23.6 Å². The van der Waals surface area contributed by atoms with Crippen LogP contribution >= 0.6 is 0 Å². The van der Waals surface area contributed by atoms with Gasteiger partial charge in [-0.2, -0.15) is 0 Å². The monoisotopic (exact) mass is 572 g/mol. The second-order valence-electron chi connectivity index (χ2n) is 11.5. The Kier molecular flexibility index (Phi) is 8.85. The Morgan fingerprint density at radius 3 is 2.36 bits per heavy atom. The molecular weight excluding hydrogens is 535 g/mol. The molecule has 1 unspecified atom stereocenters. The molecule has 0 bridgehead atoms. The molecule has 0 spiro atoms. The average Bonchev–Trinajstić information content (AvgIpc) is 3.80. The minimum atomic E-state index is -0.900. The molecule has 3 N–H and O–H groups in total. The third-order valence-electron chi connectivity index (χ3n) is 8.35. The lowest BCUT2D eigenvalue weighted by atomic mass is 9.96. The van der Waals surface area contributed by atoms with E-state index in [1.165, 1.54) is 19.1 Å². The number of fused-ring (bicyclic) bond motifs is 1. The molecule has 42 heavy (non-hydrogen) atoms. The van der Waals surface area contributed by atoms with Crippen LogP contribution in [0, 0.1) is 11.7 Å². The summed E-state index contributed by atoms with van der Waals surface area (Å²) in [6.45, 7) is 2.01. The highest BCUT2D eigenvalue weighted by atomic mass is 19.1. The molecule has 0 radical (unpaired) electrons. The molecule has 5 rings (SSSR count). The Balaban J connectivity index is 1.37. The molecule has 1 heterocycles. The highest BCUT2D eigenvalue weighted by Crippen LogP contribution is 2.36. The standard InChI is InChI=1S/C33H37FN4O4/c1-21(31(35)40)36-32(41)28(20-24-8-12-25-4-2-3-5-26(25)18-24)38-17-16-37(29(33(38)42)19-23-6-7-23)30(39)15-11-22-9-13-27(34)14-10-22/h2-5,8-10,12-14,18,21,23,28-29H,6-7,11,15-17,19-20H2,1H3,(H2,35,40)(H,36,41)/t21?,28-,29+/m1/s1. The maximum absolute atomic E-state index is 14.1. The first kappa shape index (κ1) is 29.2. The van der Waals surface area contributed by atoms with Crippen molar-refractivity contribution in [2.75, 3.05) is 13.1 Å². The summed E-state index contributed by atoms with van der Waals surface area (Å²) in [5.41, 5.74) is 7.15. The van der Waals surface area contributed by atoms with E-state index >= 15 is 0 Å². The largest absolute Gasteiger partial charge is 0.368 e. The molecule has 3 aromatic carbocycles. The molecule has 2 fully saturated rings. The van der Waals surface area contributed by atoms with Gasteiger partial charge < -0.3 is 20.9 Å². The number of aryl methyl sites for hydroxylation is 1. The highest BCUT2D eigenvalue weighted by Gasteiger charge is 2.44. The van der Waals surface area contributed by atoms with Crippen LogP contribution in [0.4, 0.5) is 4.39 Å². The van der Waals surface area contributed by atoms with Crippen LogP contribution in [0.15, 0.2) is 66.7 Å². The van der Waals surface area contributed by atoms with Crippen LogP contribution in [-0.2, 0) is 32.0 Å². The summed E-state index contributed by atoms with van der Waals surface area (Å²) in [5.74, 6) is -1.46. The van der Waals surface area contributed by atoms with Gasteiger partial charge in [-0.3, -0.25) is 19.2 Å². The lowest BCUT2D eigenvalue weighted by Gasteiger charge is -2.44. The van der Waals surface area contributed by atoms with Crippen molar-refractivity contribution in [1.29, 1.82) is 0 Å². The van der Waals surface area contributed by atoms with Crippen LogP contribution in [0.1, 0.15) is 43.7 Å². The van der Waals surface area contributed by atoms with Crippen LogP contribution in [-0.4, -0.2) is 64.6 Å². The normalized spacial score (nSPS) is 18.5. The SMILES string of the molecule is CC(NC(=O)[C@@H](Cc1ccc2ccccc2c1)N1CCN(C(=O)CCc2ccc(F)cc2)[C@@H](CC2CC2)C1=O)C(N)=O. The topological polar surface area (TPSA) is 113 Å². The molecule has 2 aliphatic rings. The number of carbonyl (C=O) groups excluding carboxylic acids is 4. The molecule has 9 heteroatoms. The van der Waals surface area contributed by atoms with E-state index in [4.69, 9.17) is 5.73 Å². The summed E-state index contributed by atoms with van der Waals surface area (Å²) in [6.07, 6.45) is 3.48. The van der Waals surface area contributed by atoms with Gasteiger partial charge in [-0.1, -0.05) is 67.4 Å². The number of rotatable bonds is 11. The number of nitrogens with two attached hydrogens (primary N) is 1. The van der Waals surface area contributed by atoms with Gasteiger partial charge in [-0.05, 0) is 59.7 Å². The van der Waals surface area contributed by atoms with Crippen molar-refractivity contribution in [3.05, 3.63) is 83.7 Å². The molecule has 4 amide bonds. The predicted molar refractivity (Wildman–Crippen MR) is 158 cm³/mol. The van der Waals surface area contributed by atoms with Crippen molar-refractivity contribution in [2.24, 2.45) is 11.7 Å². The maximum Gasteiger partial charge on any atom is 0.246 e. The number of carbonyl (C=O) groups is 4. The van der Waals surface area contributed by atoms with E-state index in [0.29, 0.717) is 25.3 Å². The number of nitrogens with zero attached hydrogens (tertiary/aromatic N) is 2. The van der Waals surface area contributed by atoms with Crippen molar-refractivity contribution in [2.45, 2.75) is 63.6 Å². The zero-order chi connectivity index (χ0) is 29.8. The molecule has 1 aliphatic carbocycles. The minimum Gasteiger partial charge on any atom is -0.368 e. The zero-order valence-electron chi connectivity index (χ0n) is 23.8. The van der Waals surface area contributed by atoms with Crippen molar-refractivity contribution in [3.63, 3.8) is 0 Å². The van der Waals surface area contributed by atoms with Gasteiger partial charge in [-0.15, -0.1) is 0 Å². The van der Waals surface area contributed by atoms with Crippen LogP contribution in [0.2, 0.25) is 0 Å². The van der Waals surface area contributed by atoms with Crippen molar-refractivity contribution < 1.29 is 23.6 Å². The number of amides is 4. The molecule has 1 saturated carbocycles. The molecule has 3 aromatic rings. The molecule has 220 valence electrons. The molecule has 1 aliphatic heterocycles. The number of benzene rings is 3. The minimum absolute atomic E-state index is 0.129. The second kappa shape index (κ2) is 12.7. The molecule has 3 atom stereocenters. The lowest BCUT2D eigenvalue weighted by molar-refractivity contribution is -0.156. The number of piperazine rings is 1. The van der Waals surface area contributed by atoms with E-state index in [1.807, 2.05) is 42.5 Å². The number of halogens is 1. The highest BCUT2D eigenvalue weighted by molar-refractivity contribution is 5.95. The number of hydrogen-bond acceptors (Lipinski definition) is 4. The summed E-state index contributed by atoms with van der Waals surface area (Å²) in [7, 11) is 0. The summed E-state index contributed by atoms with van der Waals surface area (Å²) in [5, 5.41) is 4.77. The fourth-order valence-corrected chi connectivity index (χ4v) is 5.67. The van der Waals surface area contributed by atoms with E-state index in [2.05, 4.69) is 5.32 Å². The fourth-order valence-electron chi connectivity index (χ4n) is 5.67. The van der Waals surface area contributed by atoms with E-state index < -0.39 is 29.9 Å². The van der Waals surface area contributed by atoms with Crippen LogP contribution < -0.4 is 11.1 Å². The Morgan fingerprint density at radius 1 is 0.976 bits per heavy atom. The Hall–Kier alpha value is -4.27. The summed E-state index contributed by atoms with van der Waals surface area (Å²) in [6, 6.07) is 17.5. The molecule has 1 saturated heterocycles. The first-order valence-corrected chi connectivity index (χ1v) is 14.6. The first-order valence-electron chi connectivity index (χ1n) is 14.6. The lowest BCUT2D eigenvalue weighted by Crippen LogP contribution is -2.64. The predicted octanol–water partition coefficient (Wildman–Crippen LogP) is 3.35. The van der Waals surface area contributed by atoms with Crippen LogP contribution in [0.5, 0.6) is 0 Å². The number of hydrogen-bond donors (Lipinski definition) is 2. The van der Waals surface area contributed by atoms with Gasteiger partial charge in [0.15, 0.2) is 0 Å². The van der Waals surface area contributed by atoms with E-state index in [-0.39, 0.29) is 37.0 Å². The van der Waals surface area contributed by atoms with Gasteiger partial charge in [0, 0.05) is 25.9 Å². The molecule has 8 nitrogen and oxygen atoms in total. The van der Waals surface area contributed by atoms with Crippen molar-refractivity contribution >= 4 is 34.4 Å². The van der Waals surface area contributed by atoms with Crippen LogP contribution in [0.3, 0.4) is 0 Å². The number of primary amides is 1. The van der Waals surface area contributed by atoms with Crippen LogP contribution in [0.25, 0.3) is 10.8 Å². The fraction of sp³-hybridized carbons (Fsp3) is 0.394. The summed E-state index contributed by atoms with van der Waals surface area (Å²) in [4.78, 5) is 56.1. The van der Waals surface area contributed by atoms with E-state index in [1.54, 1.807) is 21.9 Å². The molecule has 0 aromatic heterocycles. The quantitative estimate of drug-likeness (QED) is 0.367. The Labute approximate surface area is 245 Å². The van der Waals surface area contributed by atoms with E-state index in [9.17, 15) is 23.6 Å². The third kappa shape index (κ3) is 6.95. The Bertz CT molecular complexity index is 1470. The van der Waals surface area contributed by atoms with Crippen molar-refractivity contribution in [1.82, 2.24) is 15.1 Å². The zero-order valence-corrected chi connectivity index (χ0v) is 23.8. The summed E-state index contributed by atoms with van der Waals surface area (Å²) >= 11 is 0. The van der Waals surface area contributed by atoms with Crippen molar-refractivity contribution in [3.8, 4) is 0 Å². The first-order chi connectivity index (χ1) is 20.2. The van der Waals surface area contributed by atoms with Gasteiger partial charge in [-0.25, -0.2) is 4.39 Å². The number of nitrogens with one attached hydrogen (secondary N) is 1. The van der Waals surface area contributed by atoms with Gasteiger partial charge in [0.05, 0.1) is 0 Å². The maximum atomic E-state index is 14.1. The summed E-state index contributed by atoms with van der Waals surface area (Å²) < 4.78 is 13.3. The van der Waals surface area contributed by atoms with E-state index in [0.717, 1.165) is 34.7 Å². The third-order valence-corrected chi connectivity index (χ3v) is 8.35. The smallest absolute Gasteiger partial charge is 0.246 e. The van der Waals surface area contributed by atoms with Gasteiger partial charge in [0.1, 0.15) is 23.9 Å². The Morgan fingerprint density at radius 2 is 1.67 bits per heavy atom. The average molecular weight is 573 g/mol. The molecular formula is C33H37FN4O4. The second-order valence-corrected chi connectivity index (χ2v) is 11.5. The van der Waals surface area contributed by atoms with Gasteiger partial charge in [0.25, 0.3) is 0 Å². The van der Waals surface area contributed by atoms with Gasteiger partial charge >= 0.3 is 0 Å².